The van der Waals surface area contributed by atoms with Crippen LogP contribution in [0.15, 0.2) is 77.7 Å². The summed E-state index contributed by atoms with van der Waals surface area (Å²) >= 11 is 7.77. The number of hydrogen-bond acceptors (Lipinski definition) is 4. The highest BCUT2D eigenvalue weighted by atomic mass is 35.5. The van der Waals surface area contributed by atoms with Gasteiger partial charge >= 0.3 is 5.97 Å². The summed E-state index contributed by atoms with van der Waals surface area (Å²) in [5.74, 6) is -0.0324. The van der Waals surface area contributed by atoms with Gasteiger partial charge in [-0.1, -0.05) is 54.1 Å². The molecule has 0 unspecified atom stereocenters. The van der Waals surface area contributed by atoms with Crippen molar-refractivity contribution in [2.24, 2.45) is 0 Å². The van der Waals surface area contributed by atoms with Gasteiger partial charge in [-0.05, 0) is 35.9 Å². The van der Waals surface area contributed by atoms with Crippen LogP contribution in [-0.4, -0.2) is 19.0 Å². The first-order valence-corrected chi connectivity index (χ1v) is 9.90. The van der Waals surface area contributed by atoms with Crippen molar-refractivity contribution >= 4 is 40.9 Å². The Kier molecular flexibility index (Phi) is 6.74. The maximum absolute atomic E-state index is 12.8. The third kappa shape index (κ3) is 4.94. The Morgan fingerprint density at radius 2 is 1.71 bits per heavy atom. The lowest BCUT2D eigenvalue weighted by atomic mass is 10.1. The fourth-order valence-electron chi connectivity index (χ4n) is 2.57. The Labute approximate surface area is 172 Å². The van der Waals surface area contributed by atoms with Crippen molar-refractivity contribution in [3.8, 4) is 0 Å². The van der Waals surface area contributed by atoms with Crippen LogP contribution in [0.1, 0.15) is 26.3 Å². The summed E-state index contributed by atoms with van der Waals surface area (Å²) in [4.78, 5) is 25.4. The predicted molar refractivity (Wildman–Crippen MR) is 113 cm³/mol. The molecule has 0 fully saturated rings. The number of hydrogen-bond donors (Lipinski definition) is 1. The van der Waals surface area contributed by atoms with Gasteiger partial charge in [-0.15, -0.1) is 11.8 Å². The molecular formula is C22H18ClNO3S. The van der Waals surface area contributed by atoms with Crippen LogP contribution in [0.2, 0.25) is 5.02 Å². The average molecular weight is 412 g/mol. The molecule has 0 spiro atoms. The van der Waals surface area contributed by atoms with Crippen molar-refractivity contribution in [2.75, 3.05) is 12.4 Å². The van der Waals surface area contributed by atoms with Crippen LogP contribution in [-0.2, 0) is 10.5 Å². The van der Waals surface area contributed by atoms with E-state index in [1.165, 1.54) is 18.7 Å². The van der Waals surface area contributed by atoms with E-state index in [1.54, 1.807) is 30.0 Å². The van der Waals surface area contributed by atoms with Crippen LogP contribution in [0.3, 0.4) is 0 Å². The van der Waals surface area contributed by atoms with Crippen LogP contribution >= 0.6 is 23.4 Å². The maximum atomic E-state index is 12.8. The van der Waals surface area contributed by atoms with E-state index in [2.05, 4.69) is 5.32 Å². The number of amides is 1. The highest BCUT2D eigenvalue weighted by Crippen LogP contribution is 2.29. The molecule has 3 aromatic carbocycles. The number of carbonyl (C=O) groups excluding carboxylic acids is 2. The summed E-state index contributed by atoms with van der Waals surface area (Å²) in [7, 11) is 1.30. The molecule has 4 nitrogen and oxygen atoms in total. The average Bonchev–Trinajstić information content (AvgIpc) is 2.74. The smallest absolute Gasteiger partial charge is 0.337 e. The molecule has 0 atom stereocenters. The lowest BCUT2D eigenvalue weighted by Gasteiger charge is -2.12. The van der Waals surface area contributed by atoms with Gasteiger partial charge in [0.1, 0.15) is 0 Å². The van der Waals surface area contributed by atoms with E-state index in [0.29, 0.717) is 21.8 Å². The Hall–Kier alpha value is -2.76. The van der Waals surface area contributed by atoms with E-state index in [0.717, 1.165) is 10.6 Å². The second-order valence-electron chi connectivity index (χ2n) is 5.91. The van der Waals surface area contributed by atoms with Gasteiger partial charge in [-0.25, -0.2) is 4.79 Å². The number of halogens is 1. The lowest BCUT2D eigenvalue weighted by Crippen LogP contribution is -2.14. The number of anilines is 1. The summed E-state index contributed by atoms with van der Waals surface area (Å²) in [6.45, 7) is 0. The van der Waals surface area contributed by atoms with E-state index < -0.39 is 5.97 Å². The molecule has 1 amide bonds. The molecular weight excluding hydrogens is 394 g/mol. The monoisotopic (exact) mass is 411 g/mol. The van der Waals surface area contributed by atoms with Gasteiger partial charge in [0.2, 0.25) is 0 Å². The molecule has 0 aliphatic heterocycles. The molecule has 142 valence electrons. The molecule has 0 aliphatic carbocycles. The molecule has 6 heteroatoms. The second-order valence-corrected chi connectivity index (χ2v) is 7.34. The molecule has 0 bridgehead atoms. The number of rotatable bonds is 6. The van der Waals surface area contributed by atoms with Gasteiger partial charge in [0.25, 0.3) is 5.91 Å². The molecule has 1 N–H and O–H groups in total. The zero-order valence-corrected chi connectivity index (χ0v) is 16.7. The molecule has 0 aromatic heterocycles. The van der Waals surface area contributed by atoms with Gasteiger partial charge in [0, 0.05) is 10.6 Å². The highest BCUT2D eigenvalue weighted by Gasteiger charge is 2.15. The number of esters is 1. The van der Waals surface area contributed by atoms with Gasteiger partial charge in [-0.3, -0.25) is 4.79 Å². The quantitative estimate of drug-likeness (QED) is 0.419. The van der Waals surface area contributed by atoms with Crippen molar-refractivity contribution in [2.45, 2.75) is 10.6 Å². The van der Waals surface area contributed by atoms with Crippen molar-refractivity contribution in [1.29, 1.82) is 0 Å². The summed E-state index contributed by atoms with van der Waals surface area (Å²) in [5.41, 5.74) is 2.39. The van der Waals surface area contributed by atoms with Crippen LogP contribution in [0.4, 0.5) is 5.69 Å². The molecule has 0 radical (unpaired) electrons. The normalized spacial score (nSPS) is 10.4. The van der Waals surface area contributed by atoms with Crippen molar-refractivity contribution < 1.29 is 14.3 Å². The minimum Gasteiger partial charge on any atom is -0.465 e. The Bertz CT molecular complexity index is 992. The van der Waals surface area contributed by atoms with Crippen molar-refractivity contribution in [1.82, 2.24) is 0 Å². The fourth-order valence-corrected chi connectivity index (χ4v) is 3.74. The zero-order valence-electron chi connectivity index (χ0n) is 15.1. The molecule has 0 saturated heterocycles. The first-order chi connectivity index (χ1) is 13.6. The van der Waals surface area contributed by atoms with Crippen LogP contribution in [0, 0.1) is 0 Å². The minimum atomic E-state index is -0.494. The SMILES string of the molecule is COC(=O)c1ccc(Cl)c(NC(=O)c2ccccc2SCc2ccccc2)c1. The minimum absolute atomic E-state index is 0.292. The Morgan fingerprint density at radius 1 is 1.00 bits per heavy atom. The maximum Gasteiger partial charge on any atom is 0.337 e. The first-order valence-electron chi connectivity index (χ1n) is 8.53. The Morgan fingerprint density at radius 3 is 2.46 bits per heavy atom. The summed E-state index contributed by atoms with van der Waals surface area (Å²) in [5, 5.41) is 3.14. The molecule has 3 aromatic rings. The molecule has 28 heavy (non-hydrogen) atoms. The van der Waals surface area contributed by atoms with Gasteiger partial charge in [-0.2, -0.15) is 0 Å². The number of benzene rings is 3. The van der Waals surface area contributed by atoms with E-state index in [9.17, 15) is 9.59 Å². The third-order valence-corrected chi connectivity index (χ3v) is 5.48. The lowest BCUT2D eigenvalue weighted by molar-refractivity contribution is 0.0600. The van der Waals surface area contributed by atoms with Crippen LogP contribution < -0.4 is 5.32 Å². The summed E-state index contributed by atoms with van der Waals surface area (Å²) in [6, 6.07) is 22.1. The highest BCUT2D eigenvalue weighted by molar-refractivity contribution is 7.98. The number of ether oxygens (including phenoxy) is 1. The fraction of sp³-hybridized carbons (Fsp3) is 0.0909. The zero-order chi connectivity index (χ0) is 19.9. The number of nitrogens with one attached hydrogen (secondary N) is 1. The first kappa shape index (κ1) is 20.0. The van der Waals surface area contributed by atoms with Crippen LogP contribution in [0.5, 0.6) is 0 Å². The van der Waals surface area contributed by atoms with Gasteiger partial charge in [0.15, 0.2) is 0 Å². The molecule has 0 heterocycles. The van der Waals surface area contributed by atoms with Crippen molar-refractivity contribution in [3.05, 3.63) is 94.5 Å². The molecule has 3 rings (SSSR count). The topological polar surface area (TPSA) is 55.4 Å². The molecule has 0 aliphatic rings. The number of methoxy groups -OCH3 is 1. The summed E-state index contributed by atoms with van der Waals surface area (Å²) < 4.78 is 4.72. The molecule has 0 saturated carbocycles. The van der Waals surface area contributed by atoms with Gasteiger partial charge < -0.3 is 10.1 Å². The second kappa shape index (κ2) is 9.44. The van der Waals surface area contributed by atoms with E-state index >= 15 is 0 Å². The third-order valence-electron chi connectivity index (χ3n) is 4.00. The van der Waals surface area contributed by atoms with Crippen molar-refractivity contribution in [3.63, 3.8) is 0 Å². The summed E-state index contributed by atoms with van der Waals surface area (Å²) in [6.07, 6.45) is 0. The number of thioether (sulfide) groups is 1. The van der Waals surface area contributed by atoms with E-state index in [-0.39, 0.29) is 5.91 Å². The standard InChI is InChI=1S/C22H18ClNO3S/c1-27-22(26)16-11-12-18(23)19(13-16)24-21(25)17-9-5-6-10-20(17)28-14-15-7-3-2-4-8-15/h2-13H,14H2,1H3,(H,24,25). The van der Waals surface area contributed by atoms with Gasteiger partial charge in [0.05, 0.1) is 28.9 Å². The van der Waals surface area contributed by atoms with E-state index in [1.807, 2.05) is 48.5 Å². The van der Waals surface area contributed by atoms with E-state index in [4.69, 9.17) is 16.3 Å². The number of carbonyl (C=O) groups is 2. The largest absolute Gasteiger partial charge is 0.465 e. The van der Waals surface area contributed by atoms with Crippen LogP contribution in [0.25, 0.3) is 0 Å². The predicted octanol–water partition coefficient (Wildman–Crippen LogP) is 5.67. The Balaban J connectivity index is 1.79.